The van der Waals surface area contributed by atoms with E-state index in [-0.39, 0.29) is 5.38 Å². The molecule has 16 heavy (non-hydrogen) atoms. The van der Waals surface area contributed by atoms with Crippen LogP contribution in [0, 0.1) is 0 Å². The van der Waals surface area contributed by atoms with Gasteiger partial charge in [0.1, 0.15) is 0 Å². The fourth-order valence-corrected chi connectivity index (χ4v) is 2.70. The monoisotopic (exact) mass is 250 g/mol. The lowest BCUT2D eigenvalue weighted by atomic mass is 10.1. The van der Waals surface area contributed by atoms with Crippen LogP contribution >= 0.6 is 22.9 Å². The molecule has 0 aliphatic rings. The molecule has 84 valence electrons. The first-order valence-electron chi connectivity index (χ1n) is 5.53. The minimum absolute atomic E-state index is 0.245. The van der Waals surface area contributed by atoms with E-state index in [2.05, 4.69) is 41.1 Å². The maximum absolute atomic E-state index is 6.33. The lowest BCUT2D eigenvalue weighted by Gasteiger charge is -2.08. The summed E-state index contributed by atoms with van der Waals surface area (Å²) < 4.78 is 0. The molecular weight excluding hydrogens is 236 g/mol. The van der Waals surface area contributed by atoms with Crippen LogP contribution in [0.25, 0.3) is 0 Å². The standard InChI is InChI=1S/C14H15ClS/c15-14(10-13-8-9-16-11-13)7-6-12-4-2-1-3-5-12/h1-5,8-9,11,14H,6-7,10H2. The molecule has 2 aromatic rings. The number of halogens is 1. The zero-order valence-electron chi connectivity index (χ0n) is 9.10. The number of thiophene rings is 1. The molecule has 2 rings (SSSR count). The van der Waals surface area contributed by atoms with Gasteiger partial charge < -0.3 is 0 Å². The van der Waals surface area contributed by atoms with Gasteiger partial charge >= 0.3 is 0 Å². The van der Waals surface area contributed by atoms with Crippen LogP contribution in [0.5, 0.6) is 0 Å². The third-order valence-corrected chi connectivity index (χ3v) is 3.73. The topological polar surface area (TPSA) is 0 Å². The van der Waals surface area contributed by atoms with Gasteiger partial charge in [0.25, 0.3) is 0 Å². The molecule has 0 saturated carbocycles. The Balaban J connectivity index is 1.78. The molecule has 1 heterocycles. The Morgan fingerprint density at radius 2 is 1.88 bits per heavy atom. The van der Waals surface area contributed by atoms with Crippen molar-refractivity contribution in [2.24, 2.45) is 0 Å². The van der Waals surface area contributed by atoms with Crippen LogP contribution in [0.3, 0.4) is 0 Å². The second-order valence-electron chi connectivity index (χ2n) is 3.96. The summed E-state index contributed by atoms with van der Waals surface area (Å²) in [4.78, 5) is 0. The predicted molar refractivity (Wildman–Crippen MR) is 72.4 cm³/mol. The lowest BCUT2D eigenvalue weighted by Crippen LogP contribution is -2.04. The molecule has 1 atom stereocenters. The molecule has 1 aromatic carbocycles. The quantitative estimate of drug-likeness (QED) is 0.684. The van der Waals surface area contributed by atoms with E-state index >= 15 is 0 Å². The first-order chi connectivity index (χ1) is 7.84. The number of hydrogen-bond donors (Lipinski definition) is 0. The molecule has 1 unspecified atom stereocenters. The molecule has 2 heteroatoms. The minimum atomic E-state index is 0.245. The number of hydrogen-bond acceptors (Lipinski definition) is 1. The summed E-state index contributed by atoms with van der Waals surface area (Å²) in [7, 11) is 0. The summed E-state index contributed by atoms with van der Waals surface area (Å²) in [5.74, 6) is 0. The van der Waals surface area contributed by atoms with Crippen LogP contribution < -0.4 is 0 Å². The van der Waals surface area contributed by atoms with E-state index in [1.807, 2.05) is 6.07 Å². The van der Waals surface area contributed by atoms with Crippen LogP contribution in [0.2, 0.25) is 0 Å². The number of alkyl halides is 1. The van der Waals surface area contributed by atoms with Crippen LogP contribution in [-0.4, -0.2) is 5.38 Å². The van der Waals surface area contributed by atoms with E-state index in [1.165, 1.54) is 11.1 Å². The molecule has 1 aromatic heterocycles. The van der Waals surface area contributed by atoms with Crippen molar-refractivity contribution >= 4 is 22.9 Å². The van der Waals surface area contributed by atoms with Gasteiger partial charge in [0.05, 0.1) is 0 Å². The molecule has 0 amide bonds. The predicted octanol–water partition coefficient (Wildman–Crippen LogP) is 4.53. The van der Waals surface area contributed by atoms with Gasteiger partial charge in [-0.15, -0.1) is 11.6 Å². The first kappa shape index (κ1) is 11.7. The SMILES string of the molecule is ClC(CCc1ccccc1)Cc1ccsc1. The van der Waals surface area contributed by atoms with E-state index < -0.39 is 0 Å². The van der Waals surface area contributed by atoms with Gasteiger partial charge in [-0.25, -0.2) is 0 Å². The van der Waals surface area contributed by atoms with Gasteiger partial charge in [-0.3, -0.25) is 0 Å². The van der Waals surface area contributed by atoms with Gasteiger partial charge in [-0.1, -0.05) is 30.3 Å². The first-order valence-corrected chi connectivity index (χ1v) is 6.91. The summed E-state index contributed by atoms with van der Waals surface area (Å²) in [6.07, 6.45) is 3.10. The summed E-state index contributed by atoms with van der Waals surface area (Å²) in [6, 6.07) is 12.7. The zero-order valence-corrected chi connectivity index (χ0v) is 10.7. The van der Waals surface area contributed by atoms with Crippen molar-refractivity contribution < 1.29 is 0 Å². The van der Waals surface area contributed by atoms with Crippen molar-refractivity contribution in [3.8, 4) is 0 Å². The Labute approximate surface area is 106 Å². The molecule has 0 nitrogen and oxygen atoms in total. The molecule has 0 aliphatic carbocycles. The zero-order chi connectivity index (χ0) is 11.2. The number of aryl methyl sites for hydroxylation is 1. The highest BCUT2D eigenvalue weighted by atomic mass is 35.5. The van der Waals surface area contributed by atoms with E-state index in [0.717, 1.165) is 19.3 Å². The second kappa shape index (κ2) is 6.07. The maximum Gasteiger partial charge on any atom is 0.0379 e. The maximum atomic E-state index is 6.33. The molecule has 0 spiro atoms. The van der Waals surface area contributed by atoms with Crippen molar-refractivity contribution in [2.75, 3.05) is 0 Å². The largest absolute Gasteiger partial charge is 0.152 e. The van der Waals surface area contributed by atoms with Crippen molar-refractivity contribution in [1.82, 2.24) is 0 Å². The van der Waals surface area contributed by atoms with E-state index in [9.17, 15) is 0 Å². The second-order valence-corrected chi connectivity index (χ2v) is 5.35. The van der Waals surface area contributed by atoms with Crippen LogP contribution in [0.1, 0.15) is 17.5 Å². The third-order valence-electron chi connectivity index (χ3n) is 2.63. The van der Waals surface area contributed by atoms with Crippen molar-refractivity contribution in [3.63, 3.8) is 0 Å². The third kappa shape index (κ3) is 3.66. The van der Waals surface area contributed by atoms with Crippen molar-refractivity contribution in [3.05, 3.63) is 58.3 Å². The normalized spacial score (nSPS) is 12.6. The van der Waals surface area contributed by atoms with Crippen molar-refractivity contribution in [1.29, 1.82) is 0 Å². The lowest BCUT2D eigenvalue weighted by molar-refractivity contribution is 0.745. The highest BCUT2D eigenvalue weighted by Gasteiger charge is 2.06. The van der Waals surface area contributed by atoms with E-state index in [1.54, 1.807) is 11.3 Å². The Hall–Kier alpha value is -0.790. The van der Waals surface area contributed by atoms with Gasteiger partial charge in [0, 0.05) is 5.38 Å². The van der Waals surface area contributed by atoms with E-state index in [4.69, 9.17) is 11.6 Å². The summed E-state index contributed by atoms with van der Waals surface area (Å²) in [5.41, 5.74) is 2.73. The Kier molecular flexibility index (Phi) is 4.44. The fraction of sp³-hybridized carbons (Fsp3) is 0.286. The fourth-order valence-electron chi connectivity index (χ4n) is 1.73. The molecular formula is C14H15ClS. The van der Waals surface area contributed by atoms with Gasteiger partial charge in [0.15, 0.2) is 0 Å². The molecule has 0 bridgehead atoms. The average Bonchev–Trinajstić information content (AvgIpc) is 2.81. The summed E-state index contributed by atoms with van der Waals surface area (Å²) in [6.45, 7) is 0. The van der Waals surface area contributed by atoms with Gasteiger partial charge in [-0.2, -0.15) is 11.3 Å². The Morgan fingerprint density at radius 3 is 2.56 bits per heavy atom. The molecule has 0 saturated heterocycles. The molecule has 0 radical (unpaired) electrons. The molecule has 0 aliphatic heterocycles. The number of benzene rings is 1. The summed E-state index contributed by atoms with van der Waals surface area (Å²) in [5, 5.41) is 4.53. The minimum Gasteiger partial charge on any atom is -0.152 e. The molecule has 0 fully saturated rings. The van der Waals surface area contributed by atoms with Crippen molar-refractivity contribution in [2.45, 2.75) is 24.6 Å². The van der Waals surface area contributed by atoms with Crippen LogP contribution in [0.4, 0.5) is 0 Å². The Morgan fingerprint density at radius 1 is 1.06 bits per heavy atom. The highest BCUT2D eigenvalue weighted by molar-refractivity contribution is 7.07. The van der Waals surface area contributed by atoms with Crippen LogP contribution in [0.15, 0.2) is 47.2 Å². The Bertz CT molecular complexity index is 394. The number of rotatable bonds is 5. The van der Waals surface area contributed by atoms with Gasteiger partial charge in [-0.05, 0) is 47.2 Å². The highest BCUT2D eigenvalue weighted by Crippen LogP contribution is 2.16. The summed E-state index contributed by atoms with van der Waals surface area (Å²) >= 11 is 8.06. The van der Waals surface area contributed by atoms with E-state index in [0.29, 0.717) is 0 Å². The average molecular weight is 251 g/mol. The smallest absolute Gasteiger partial charge is 0.0379 e. The molecule has 0 N–H and O–H groups in total. The van der Waals surface area contributed by atoms with Crippen LogP contribution in [-0.2, 0) is 12.8 Å². The van der Waals surface area contributed by atoms with Gasteiger partial charge in [0.2, 0.25) is 0 Å².